The SMILES string of the molecule is CCNC(=NCc1ccc(OC)c(OCC)c1)NCCc1ccccc1OC.I. The molecule has 2 aromatic carbocycles. The number of guanidine groups is 1. The lowest BCUT2D eigenvalue weighted by atomic mass is 10.1. The monoisotopic (exact) mass is 513 g/mol. The van der Waals surface area contributed by atoms with Crippen LogP contribution in [0, 0.1) is 0 Å². The van der Waals surface area contributed by atoms with Gasteiger partial charge in [0.2, 0.25) is 0 Å². The first kappa shape index (κ1) is 24.9. The topological polar surface area (TPSA) is 64.1 Å². The Morgan fingerprint density at radius 1 is 0.931 bits per heavy atom. The van der Waals surface area contributed by atoms with Crippen molar-refractivity contribution in [2.75, 3.05) is 33.9 Å². The van der Waals surface area contributed by atoms with Crippen LogP contribution in [0.3, 0.4) is 0 Å². The van der Waals surface area contributed by atoms with Gasteiger partial charge in [0.15, 0.2) is 17.5 Å². The molecule has 0 aliphatic carbocycles. The second-order valence-corrected chi connectivity index (χ2v) is 6.10. The summed E-state index contributed by atoms with van der Waals surface area (Å²) in [5, 5.41) is 6.66. The third kappa shape index (κ3) is 8.00. The molecule has 0 unspecified atom stereocenters. The Morgan fingerprint density at radius 3 is 2.38 bits per heavy atom. The molecule has 0 saturated carbocycles. The molecule has 0 amide bonds. The molecule has 0 spiro atoms. The van der Waals surface area contributed by atoms with Gasteiger partial charge >= 0.3 is 0 Å². The quantitative estimate of drug-likeness (QED) is 0.286. The molecule has 2 aromatic rings. The fraction of sp³-hybridized carbons (Fsp3) is 0.409. The lowest BCUT2D eigenvalue weighted by Crippen LogP contribution is -2.38. The summed E-state index contributed by atoms with van der Waals surface area (Å²) in [5.41, 5.74) is 2.23. The summed E-state index contributed by atoms with van der Waals surface area (Å²) in [6, 6.07) is 14.0. The molecule has 7 heteroatoms. The minimum absolute atomic E-state index is 0. The Kier molecular flexibility index (Phi) is 11.9. The predicted octanol–water partition coefficient (Wildman–Crippen LogP) is 4.02. The molecular weight excluding hydrogens is 481 g/mol. The Hall–Kier alpha value is -2.16. The van der Waals surface area contributed by atoms with Gasteiger partial charge < -0.3 is 24.8 Å². The molecule has 29 heavy (non-hydrogen) atoms. The van der Waals surface area contributed by atoms with Crippen LogP contribution in [0.4, 0.5) is 0 Å². The number of hydrogen-bond donors (Lipinski definition) is 2. The lowest BCUT2D eigenvalue weighted by molar-refractivity contribution is 0.310. The van der Waals surface area contributed by atoms with E-state index >= 15 is 0 Å². The summed E-state index contributed by atoms with van der Waals surface area (Å²) in [6.07, 6.45) is 0.853. The molecule has 0 radical (unpaired) electrons. The Bertz CT molecular complexity index is 769. The van der Waals surface area contributed by atoms with E-state index in [-0.39, 0.29) is 24.0 Å². The minimum Gasteiger partial charge on any atom is -0.496 e. The largest absolute Gasteiger partial charge is 0.496 e. The molecule has 0 heterocycles. The molecule has 0 atom stereocenters. The number of nitrogens with one attached hydrogen (secondary N) is 2. The van der Waals surface area contributed by atoms with E-state index in [9.17, 15) is 0 Å². The van der Waals surface area contributed by atoms with E-state index in [1.807, 2.05) is 43.3 Å². The zero-order valence-electron chi connectivity index (χ0n) is 17.7. The summed E-state index contributed by atoms with van der Waals surface area (Å²) >= 11 is 0. The number of ether oxygens (including phenoxy) is 3. The van der Waals surface area contributed by atoms with Gasteiger partial charge in [0, 0.05) is 13.1 Å². The maximum absolute atomic E-state index is 5.64. The van der Waals surface area contributed by atoms with Gasteiger partial charge in [-0.3, -0.25) is 0 Å². The van der Waals surface area contributed by atoms with E-state index < -0.39 is 0 Å². The maximum atomic E-state index is 5.64. The van der Waals surface area contributed by atoms with Gasteiger partial charge in [-0.05, 0) is 49.6 Å². The van der Waals surface area contributed by atoms with Crippen molar-refractivity contribution in [2.45, 2.75) is 26.8 Å². The van der Waals surface area contributed by atoms with Gasteiger partial charge in [-0.15, -0.1) is 24.0 Å². The number of benzene rings is 2. The second kappa shape index (κ2) is 13.9. The Morgan fingerprint density at radius 2 is 1.69 bits per heavy atom. The molecule has 0 aromatic heterocycles. The van der Waals surface area contributed by atoms with Crippen molar-refractivity contribution < 1.29 is 14.2 Å². The van der Waals surface area contributed by atoms with Crippen LogP contribution in [0.15, 0.2) is 47.5 Å². The summed E-state index contributed by atoms with van der Waals surface area (Å²) in [5.74, 6) is 3.17. The second-order valence-electron chi connectivity index (χ2n) is 6.10. The van der Waals surface area contributed by atoms with Crippen molar-refractivity contribution in [2.24, 2.45) is 4.99 Å². The molecule has 2 rings (SSSR count). The first-order chi connectivity index (χ1) is 13.7. The highest BCUT2D eigenvalue weighted by molar-refractivity contribution is 14.0. The van der Waals surface area contributed by atoms with Crippen LogP contribution >= 0.6 is 24.0 Å². The number of para-hydroxylation sites is 1. The molecule has 160 valence electrons. The molecule has 2 N–H and O–H groups in total. The zero-order chi connectivity index (χ0) is 20.2. The van der Waals surface area contributed by atoms with E-state index in [4.69, 9.17) is 14.2 Å². The van der Waals surface area contributed by atoms with Crippen molar-refractivity contribution >= 4 is 29.9 Å². The van der Waals surface area contributed by atoms with Crippen LogP contribution in [-0.4, -0.2) is 39.9 Å². The van der Waals surface area contributed by atoms with Gasteiger partial charge in [0.25, 0.3) is 0 Å². The van der Waals surface area contributed by atoms with Crippen LogP contribution in [0.25, 0.3) is 0 Å². The Balaban J connectivity index is 0.00000420. The fourth-order valence-corrected chi connectivity index (χ4v) is 2.82. The summed E-state index contributed by atoms with van der Waals surface area (Å²) in [7, 11) is 3.34. The highest BCUT2D eigenvalue weighted by atomic mass is 127. The molecule has 0 bridgehead atoms. The third-order valence-corrected chi connectivity index (χ3v) is 4.17. The van der Waals surface area contributed by atoms with Crippen LogP contribution in [0.2, 0.25) is 0 Å². The van der Waals surface area contributed by atoms with E-state index in [1.165, 1.54) is 5.56 Å². The van der Waals surface area contributed by atoms with Gasteiger partial charge in [0.05, 0.1) is 27.4 Å². The average Bonchev–Trinajstić information content (AvgIpc) is 2.72. The lowest BCUT2D eigenvalue weighted by Gasteiger charge is -2.13. The van der Waals surface area contributed by atoms with Crippen molar-refractivity contribution in [3.8, 4) is 17.2 Å². The highest BCUT2D eigenvalue weighted by Gasteiger charge is 2.06. The average molecular weight is 513 g/mol. The van der Waals surface area contributed by atoms with Crippen LogP contribution in [-0.2, 0) is 13.0 Å². The number of halogens is 1. The van der Waals surface area contributed by atoms with E-state index in [0.29, 0.717) is 13.2 Å². The number of rotatable bonds is 10. The van der Waals surface area contributed by atoms with Crippen molar-refractivity contribution in [1.29, 1.82) is 0 Å². The minimum atomic E-state index is 0. The molecular formula is C22H32IN3O3. The first-order valence-corrected chi connectivity index (χ1v) is 9.65. The predicted molar refractivity (Wildman–Crippen MR) is 129 cm³/mol. The van der Waals surface area contributed by atoms with Crippen LogP contribution in [0.5, 0.6) is 17.2 Å². The number of aliphatic imine (C=N–C) groups is 1. The zero-order valence-corrected chi connectivity index (χ0v) is 20.0. The van der Waals surface area contributed by atoms with Crippen molar-refractivity contribution in [1.82, 2.24) is 10.6 Å². The first-order valence-electron chi connectivity index (χ1n) is 9.65. The van der Waals surface area contributed by atoms with Crippen molar-refractivity contribution in [3.05, 3.63) is 53.6 Å². The van der Waals surface area contributed by atoms with Gasteiger partial charge in [-0.25, -0.2) is 4.99 Å². The summed E-state index contributed by atoms with van der Waals surface area (Å²) < 4.78 is 16.4. The third-order valence-electron chi connectivity index (χ3n) is 4.17. The molecule has 0 fully saturated rings. The van der Waals surface area contributed by atoms with Crippen molar-refractivity contribution in [3.63, 3.8) is 0 Å². The number of methoxy groups -OCH3 is 2. The van der Waals surface area contributed by atoms with Gasteiger partial charge in [-0.1, -0.05) is 24.3 Å². The molecule has 6 nitrogen and oxygen atoms in total. The highest BCUT2D eigenvalue weighted by Crippen LogP contribution is 2.28. The molecule has 0 aliphatic rings. The fourth-order valence-electron chi connectivity index (χ4n) is 2.82. The summed E-state index contributed by atoms with van der Waals surface area (Å²) in [6.45, 7) is 6.72. The smallest absolute Gasteiger partial charge is 0.191 e. The van der Waals surface area contributed by atoms with Gasteiger partial charge in [0.1, 0.15) is 5.75 Å². The Labute approximate surface area is 191 Å². The molecule has 0 saturated heterocycles. The van der Waals surface area contributed by atoms with E-state index in [1.54, 1.807) is 14.2 Å². The van der Waals surface area contributed by atoms with Crippen LogP contribution in [0.1, 0.15) is 25.0 Å². The number of hydrogen-bond acceptors (Lipinski definition) is 4. The standard InChI is InChI=1S/C22H31N3O3.HI/c1-5-23-22(24-14-13-18-9-7-8-10-19(18)26-3)25-16-17-11-12-20(27-4)21(15-17)28-6-2;/h7-12,15H,5-6,13-14,16H2,1-4H3,(H2,23,24,25);1H. The molecule has 0 aliphatic heterocycles. The van der Waals surface area contributed by atoms with E-state index in [0.717, 1.165) is 48.3 Å². The van der Waals surface area contributed by atoms with E-state index in [2.05, 4.69) is 28.6 Å². The summed E-state index contributed by atoms with van der Waals surface area (Å²) in [4.78, 5) is 4.68. The number of nitrogens with zero attached hydrogens (tertiary/aromatic N) is 1. The van der Waals surface area contributed by atoms with Crippen LogP contribution < -0.4 is 24.8 Å². The normalized spacial score (nSPS) is 10.7. The maximum Gasteiger partial charge on any atom is 0.191 e. The van der Waals surface area contributed by atoms with Gasteiger partial charge in [-0.2, -0.15) is 0 Å².